The summed E-state index contributed by atoms with van der Waals surface area (Å²) >= 11 is 0. The van der Waals surface area contributed by atoms with Crippen LogP contribution in [0.25, 0.3) is 0 Å². The molecule has 1 amide bonds. The number of fused-ring (bicyclic) bond motifs is 1. The van der Waals surface area contributed by atoms with Crippen molar-refractivity contribution < 1.29 is 9.53 Å². The highest BCUT2D eigenvalue weighted by Crippen LogP contribution is 2.46. The first-order chi connectivity index (χ1) is 14.7. The van der Waals surface area contributed by atoms with Crippen molar-refractivity contribution in [3.8, 4) is 5.75 Å². The Morgan fingerprint density at radius 1 is 1.03 bits per heavy atom. The first-order valence-electron chi connectivity index (χ1n) is 11.4. The van der Waals surface area contributed by atoms with Crippen molar-refractivity contribution in [2.24, 2.45) is 0 Å². The van der Waals surface area contributed by atoms with E-state index in [2.05, 4.69) is 45.1 Å². The highest BCUT2D eigenvalue weighted by atomic mass is 16.5. The van der Waals surface area contributed by atoms with Crippen LogP contribution in [0.2, 0.25) is 0 Å². The molecule has 5 nitrogen and oxygen atoms in total. The zero-order chi connectivity index (χ0) is 20.4. The van der Waals surface area contributed by atoms with Gasteiger partial charge in [-0.05, 0) is 55.9 Å². The third-order valence-corrected chi connectivity index (χ3v) is 7.06. The van der Waals surface area contributed by atoms with Gasteiger partial charge in [-0.3, -0.25) is 14.7 Å². The number of nitrogens with zero attached hydrogens (tertiary/aromatic N) is 3. The SMILES string of the molecule is O=C(CC1CC2(CCN(Cc3ccccn3)CC2)Oc2ccccc21)N1CCCC1. The molecule has 158 valence electrons. The van der Waals surface area contributed by atoms with Crippen molar-refractivity contribution in [3.05, 3.63) is 59.9 Å². The Morgan fingerprint density at radius 3 is 2.57 bits per heavy atom. The van der Waals surface area contributed by atoms with Gasteiger partial charge >= 0.3 is 0 Å². The molecule has 0 bridgehead atoms. The van der Waals surface area contributed by atoms with Crippen molar-refractivity contribution in [2.75, 3.05) is 26.2 Å². The Labute approximate surface area is 179 Å². The number of pyridine rings is 1. The Kier molecular flexibility index (Phi) is 5.47. The fourth-order valence-corrected chi connectivity index (χ4v) is 5.38. The maximum Gasteiger partial charge on any atom is 0.223 e. The van der Waals surface area contributed by atoms with Crippen LogP contribution in [0.1, 0.15) is 55.7 Å². The average Bonchev–Trinajstić information content (AvgIpc) is 3.32. The maximum atomic E-state index is 12.9. The van der Waals surface area contributed by atoms with Crippen LogP contribution in [0, 0.1) is 0 Å². The lowest BCUT2D eigenvalue weighted by atomic mass is 9.76. The highest BCUT2D eigenvalue weighted by molar-refractivity contribution is 5.77. The second-order valence-corrected chi connectivity index (χ2v) is 9.11. The number of benzene rings is 1. The molecule has 2 fully saturated rings. The van der Waals surface area contributed by atoms with E-state index in [4.69, 9.17) is 4.74 Å². The van der Waals surface area contributed by atoms with Crippen LogP contribution in [0.5, 0.6) is 5.75 Å². The molecule has 2 saturated heterocycles. The van der Waals surface area contributed by atoms with Gasteiger partial charge in [-0.25, -0.2) is 0 Å². The van der Waals surface area contributed by atoms with E-state index in [9.17, 15) is 4.79 Å². The van der Waals surface area contributed by atoms with Gasteiger partial charge in [-0.1, -0.05) is 24.3 Å². The lowest BCUT2D eigenvalue weighted by Gasteiger charge is -2.47. The van der Waals surface area contributed by atoms with Crippen LogP contribution in [0.3, 0.4) is 0 Å². The largest absolute Gasteiger partial charge is 0.487 e. The predicted octanol–water partition coefficient (Wildman–Crippen LogP) is 4.00. The fourth-order valence-electron chi connectivity index (χ4n) is 5.38. The maximum absolute atomic E-state index is 12.9. The van der Waals surface area contributed by atoms with Crippen LogP contribution in [0.15, 0.2) is 48.7 Å². The van der Waals surface area contributed by atoms with Crippen LogP contribution in [-0.4, -0.2) is 52.5 Å². The van der Waals surface area contributed by atoms with Crippen molar-refractivity contribution in [1.82, 2.24) is 14.8 Å². The number of amides is 1. The normalized spacial score (nSPS) is 23.2. The molecule has 1 atom stereocenters. The summed E-state index contributed by atoms with van der Waals surface area (Å²) in [6.07, 6.45) is 7.72. The second kappa shape index (κ2) is 8.38. The van der Waals surface area contributed by atoms with E-state index in [0.29, 0.717) is 12.3 Å². The number of para-hydroxylation sites is 1. The highest BCUT2D eigenvalue weighted by Gasteiger charge is 2.44. The van der Waals surface area contributed by atoms with E-state index in [-0.39, 0.29) is 11.5 Å². The summed E-state index contributed by atoms with van der Waals surface area (Å²) in [6, 6.07) is 14.5. The van der Waals surface area contributed by atoms with Gasteiger partial charge in [0, 0.05) is 51.3 Å². The van der Waals surface area contributed by atoms with Gasteiger partial charge in [0.05, 0.1) is 5.69 Å². The number of rotatable bonds is 4. The third-order valence-electron chi connectivity index (χ3n) is 7.06. The number of hydrogen-bond acceptors (Lipinski definition) is 4. The molecule has 0 radical (unpaired) electrons. The smallest absolute Gasteiger partial charge is 0.223 e. The Morgan fingerprint density at radius 2 is 1.80 bits per heavy atom. The minimum atomic E-state index is -0.148. The van der Waals surface area contributed by atoms with Crippen molar-refractivity contribution >= 4 is 5.91 Å². The molecular weight excluding hydrogens is 374 g/mol. The van der Waals surface area contributed by atoms with Gasteiger partial charge in [0.25, 0.3) is 0 Å². The Bertz CT molecular complexity index is 871. The number of likely N-dealkylation sites (tertiary alicyclic amines) is 2. The molecule has 4 heterocycles. The van der Waals surface area contributed by atoms with Crippen molar-refractivity contribution in [2.45, 2.75) is 56.6 Å². The predicted molar refractivity (Wildman–Crippen MR) is 116 cm³/mol. The fraction of sp³-hybridized carbons (Fsp3) is 0.520. The number of ether oxygens (including phenoxy) is 1. The molecule has 0 saturated carbocycles. The van der Waals surface area contributed by atoms with Crippen molar-refractivity contribution in [3.63, 3.8) is 0 Å². The number of carbonyl (C=O) groups excluding carboxylic acids is 1. The molecule has 5 rings (SSSR count). The summed E-state index contributed by atoms with van der Waals surface area (Å²) in [7, 11) is 0. The van der Waals surface area contributed by atoms with E-state index < -0.39 is 0 Å². The quantitative estimate of drug-likeness (QED) is 0.771. The second-order valence-electron chi connectivity index (χ2n) is 9.11. The number of aromatic nitrogens is 1. The summed E-state index contributed by atoms with van der Waals surface area (Å²) in [5.74, 6) is 1.56. The Hall–Kier alpha value is -2.40. The summed E-state index contributed by atoms with van der Waals surface area (Å²) in [6.45, 7) is 4.76. The lowest BCUT2D eigenvalue weighted by Crippen LogP contribution is -2.50. The number of piperidine rings is 1. The summed E-state index contributed by atoms with van der Waals surface area (Å²) < 4.78 is 6.63. The van der Waals surface area contributed by atoms with E-state index in [0.717, 1.165) is 76.3 Å². The van der Waals surface area contributed by atoms with Gasteiger partial charge < -0.3 is 9.64 Å². The summed E-state index contributed by atoms with van der Waals surface area (Å²) in [4.78, 5) is 21.9. The lowest BCUT2D eigenvalue weighted by molar-refractivity contribution is -0.131. The summed E-state index contributed by atoms with van der Waals surface area (Å²) in [5, 5.41) is 0. The molecule has 0 N–H and O–H groups in total. The average molecular weight is 406 g/mol. The molecule has 3 aliphatic heterocycles. The number of hydrogen-bond donors (Lipinski definition) is 0. The molecule has 1 aromatic heterocycles. The standard InChI is InChI=1S/C25H31N3O2/c29-24(28-13-5-6-14-28)17-20-18-25(30-23-9-2-1-8-22(20)23)10-15-27(16-11-25)19-21-7-3-4-12-26-21/h1-4,7-9,12,20H,5-6,10-11,13-19H2. The molecule has 3 aliphatic rings. The monoisotopic (exact) mass is 405 g/mol. The van der Waals surface area contributed by atoms with Gasteiger partial charge in [-0.2, -0.15) is 0 Å². The molecule has 0 aliphatic carbocycles. The molecule has 5 heteroatoms. The molecule has 1 aromatic carbocycles. The van der Waals surface area contributed by atoms with Crippen molar-refractivity contribution in [1.29, 1.82) is 0 Å². The zero-order valence-corrected chi connectivity index (χ0v) is 17.6. The molecule has 1 unspecified atom stereocenters. The zero-order valence-electron chi connectivity index (χ0n) is 17.6. The van der Waals surface area contributed by atoms with Crippen LogP contribution in [0.4, 0.5) is 0 Å². The van der Waals surface area contributed by atoms with Gasteiger partial charge in [0.15, 0.2) is 0 Å². The topological polar surface area (TPSA) is 45.7 Å². The summed E-state index contributed by atoms with van der Waals surface area (Å²) in [5.41, 5.74) is 2.19. The van der Waals surface area contributed by atoms with Crippen LogP contribution in [-0.2, 0) is 11.3 Å². The van der Waals surface area contributed by atoms with E-state index in [1.54, 1.807) is 0 Å². The minimum absolute atomic E-state index is 0.148. The molecule has 2 aromatic rings. The van der Waals surface area contributed by atoms with Gasteiger partial charge in [0.1, 0.15) is 11.4 Å². The molecule has 30 heavy (non-hydrogen) atoms. The van der Waals surface area contributed by atoms with Crippen LogP contribution < -0.4 is 4.74 Å². The van der Waals surface area contributed by atoms with Gasteiger partial charge in [0.2, 0.25) is 5.91 Å². The third kappa shape index (κ3) is 4.08. The van der Waals surface area contributed by atoms with E-state index in [1.165, 1.54) is 5.56 Å². The first kappa shape index (κ1) is 19.6. The van der Waals surface area contributed by atoms with Crippen LogP contribution >= 0.6 is 0 Å². The Balaban J connectivity index is 1.29. The van der Waals surface area contributed by atoms with E-state index in [1.807, 2.05) is 18.3 Å². The molecule has 1 spiro atoms. The number of carbonyl (C=O) groups is 1. The van der Waals surface area contributed by atoms with Gasteiger partial charge in [-0.15, -0.1) is 0 Å². The molecular formula is C25H31N3O2. The van der Waals surface area contributed by atoms with E-state index >= 15 is 0 Å². The first-order valence-corrected chi connectivity index (χ1v) is 11.4. The minimum Gasteiger partial charge on any atom is -0.487 e.